The molecule has 0 spiro atoms. The van der Waals surface area contributed by atoms with Gasteiger partial charge in [0.05, 0.1) is 7.11 Å². The van der Waals surface area contributed by atoms with Crippen LogP contribution in [-0.4, -0.2) is 25.9 Å². The maximum absolute atomic E-state index is 14.1. The molecule has 94 valence electrons. The molecule has 0 amide bonds. The van der Waals surface area contributed by atoms with Gasteiger partial charge in [-0.1, -0.05) is 15.9 Å². The van der Waals surface area contributed by atoms with E-state index in [4.69, 9.17) is 4.74 Å². The van der Waals surface area contributed by atoms with Crippen LogP contribution in [0.3, 0.4) is 0 Å². The van der Waals surface area contributed by atoms with E-state index in [9.17, 15) is 4.39 Å². The minimum Gasteiger partial charge on any atom is -0.496 e. The molecule has 0 aliphatic carbocycles. The van der Waals surface area contributed by atoms with Gasteiger partial charge in [0.15, 0.2) is 0 Å². The number of nitrogens with one attached hydrogen (secondary N) is 1. The Bertz CT molecular complexity index is 380. The topological polar surface area (TPSA) is 21.3 Å². The molecule has 0 aromatic heterocycles. The summed E-state index contributed by atoms with van der Waals surface area (Å²) in [5, 5.41) is 3.20. The fourth-order valence-electron chi connectivity index (χ4n) is 2.28. The van der Waals surface area contributed by atoms with Gasteiger partial charge in [-0.25, -0.2) is 4.39 Å². The zero-order valence-electron chi connectivity index (χ0n) is 9.88. The Morgan fingerprint density at radius 1 is 1.59 bits per heavy atom. The molecular weight excluding hydrogens is 285 g/mol. The van der Waals surface area contributed by atoms with Crippen molar-refractivity contribution in [1.82, 2.24) is 5.32 Å². The number of benzene rings is 1. The molecule has 1 aromatic rings. The quantitative estimate of drug-likeness (QED) is 0.923. The first kappa shape index (κ1) is 12.8. The van der Waals surface area contributed by atoms with Gasteiger partial charge < -0.3 is 10.1 Å². The van der Waals surface area contributed by atoms with Crippen molar-refractivity contribution < 1.29 is 9.13 Å². The predicted octanol–water partition coefficient (Wildman–Crippen LogP) is 3.09. The first-order valence-electron chi connectivity index (χ1n) is 5.90. The van der Waals surface area contributed by atoms with Crippen molar-refractivity contribution in [2.24, 2.45) is 0 Å². The van der Waals surface area contributed by atoms with Crippen LogP contribution in [0.25, 0.3) is 0 Å². The summed E-state index contributed by atoms with van der Waals surface area (Å²) in [4.78, 5) is 0. The van der Waals surface area contributed by atoms with E-state index >= 15 is 0 Å². The average molecular weight is 302 g/mol. The molecule has 2 unspecified atom stereocenters. The lowest BCUT2D eigenvalue weighted by atomic mass is 10.0. The molecule has 1 saturated heterocycles. The molecule has 0 bridgehead atoms. The number of ether oxygens (including phenoxy) is 1. The summed E-state index contributed by atoms with van der Waals surface area (Å²) in [5.74, 6) is 0.758. The van der Waals surface area contributed by atoms with Gasteiger partial charge in [0, 0.05) is 16.9 Å². The number of halogens is 2. The SMILES string of the molecule is COc1ccc(Br)cc1CC(F)C1CCCN1. The van der Waals surface area contributed by atoms with E-state index in [1.165, 1.54) is 0 Å². The average Bonchev–Trinajstić information content (AvgIpc) is 2.83. The van der Waals surface area contributed by atoms with E-state index in [0.717, 1.165) is 35.2 Å². The van der Waals surface area contributed by atoms with Crippen LogP contribution in [0.1, 0.15) is 18.4 Å². The van der Waals surface area contributed by atoms with Crippen molar-refractivity contribution in [2.75, 3.05) is 13.7 Å². The molecule has 1 fully saturated rings. The number of alkyl halides is 1. The minimum absolute atomic E-state index is 0.00122. The van der Waals surface area contributed by atoms with Crippen molar-refractivity contribution in [2.45, 2.75) is 31.5 Å². The normalized spacial score (nSPS) is 21.5. The highest BCUT2D eigenvalue weighted by Crippen LogP contribution is 2.26. The molecule has 2 atom stereocenters. The summed E-state index contributed by atoms with van der Waals surface area (Å²) in [5.41, 5.74) is 0.920. The Kier molecular flexibility index (Phi) is 4.40. The highest BCUT2D eigenvalue weighted by molar-refractivity contribution is 9.10. The minimum atomic E-state index is -0.847. The third-order valence-corrected chi connectivity index (χ3v) is 3.69. The highest BCUT2D eigenvalue weighted by atomic mass is 79.9. The van der Waals surface area contributed by atoms with Crippen LogP contribution in [0.4, 0.5) is 4.39 Å². The van der Waals surface area contributed by atoms with E-state index in [1.54, 1.807) is 7.11 Å². The second-order valence-corrected chi connectivity index (χ2v) is 5.29. The van der Waals surface area contributed by atoms with Crippen molar-refractivity contribution in [1.29, 1.82) is 0 Å². The molecule has 2 nitrogen and oxygen atoms in total. The Morgan fingerprint density at radius 2 is 2.41 bits per heavy atom. The van der Waals surface area contributed by atoms with E-state index in [1.807, 2.05) is 18.2 Å². The number of hydrogen-bond acceptors (Lipinski definition) is 2. The third kappa shape index (κ3) is 3.19. The van der Waals surface area contributed by atoms with Gasteiger partial charge in [0.1, 0.15) is 11.9 Å². The van der Waals surface area contributed by atoms with E-state index in [0.29, 0.717) is 6.42 Å². The number of methoxy groups -OCH3 is 1. The summed E-state index contributed by atoms with van der Waals surface area (Å²) in [6, 6.07) is 5.71. The van der Waals surface area contributed by atoms with Crippen molar-refractivity contribution in [3.05, 3.63) is 28.2 Å². The Balaban J connectivity index is 2.08. The second kappa shape index (κ2) is 5.83. The highest BCUT2D eigenvalue weighted by Gasteiger charge is 2.25. The van der Waals surface area contributed by atoms with Crippen molar-refractivity contribution >= 4 is 15.9 Å². The Labute approximate surface area is 110 Å². The van der Waals surface area contributed by atoms with Crippen LogP contribution < -0.4 is 10.1 Å². The molecule has 1 aliphatic rings. The Morgan fingerprint density at radius 3 is 3.06 bits per heavy atom. The van der Waals surface area contributed by atoms with Crippen LogP contribution in [0.15, 0.2) is 22.7 Å². The van der Waals surface area contributed by atoms with Crippen molar-refractivity contribution in [3.63, 3.8) is 0 Å². The molecule has 1 N–H and O–H groups in total. The second-order valence-electron chi connectivity index (χ2n) is 4.38. The largest absolute Gasteiger partial charge is 0.496 e. The third-order valence-electron chi connectivity index (χ3n) is 3.19. The molecule has 1 aromatic carbocycles. The number of rotatable bonds is 4. The van der Waals surface area contributed by atoms with Gasteiger partial charge in [-0.3, -0.25) is 0 Å². The molecular formula is C13H17BrFNO. The van der Waals surface area contributed by atoms with Crippen LogP contribution in [0.2, 0.25) is 0 Å². The molecule has 17 heavy (non-hydrogen) atoms. The van der Waals surface area contributed by atoms with Gasteiger partial charge in [0.25, 0.3) is 0 Å². The summed E-state index contributed by atoms with van der Waals surface area (Å²) in [6.07, 6.45) is 1.55. The fourth-order valence-corrected chi connectivity index (χ4v) is 2.69. The van der Waals surface area contributed by atoms with Gasteiger partial charge in [-0.05, 0) is 43.1 Å². The van der Waals surface area contributed by atoms with E-state index in [2.05, 4.69) is 21.2 Å². The van der Waals surface area contributed by atoms with Gasteiger partial charge in [-0.2, -0.15) is 0 Å². The molecule has 1 heterocycles. The summed E-state index contributed by atoms with van der Waals surface area (Å²) in [7, 11) is 1.62. The predicted molar refractivity (Wildman–Crippen MR) is 70.3 cm³/mol. The van der Waals surface area contributed by atoms with Crippen LogP contribution in [0.5, 0.6) is 5.75 Å². The van der Waals surface area contributed by atoms with Crippen molar-refractivity contribution in [3.8, 4) is 5.75 Å². The fraction of sp³-hybridized carbons (Fsp3) is 0.538. The molecule has 0 radical (unpaired) electrons. The van der Waals surface area contributed by atoms with E-state index in [-0.39, 0.29) is 6.04 Å². The van der Waals surface area contributed by atoms with Gasteiger partial charge in [-0.15, -0.1) is 0 Å². The molecule has 2 rings (SSSR count). The maximum atomic E-state index is 14.1. The lowest BCUT2D eigenvalue weighted by Crippen LogP contribution is -2.33. The molecule has 4 heteroatoms. The summed E-state index contributed by atoms with van der Waals surface area (Å²) >= 11 is 3.41. The first-order chi connectivity index (χ1) is 8.20. The zero-order chi connectivity index (χ0) is 12.3. The smallest absolute Gasteiger partial charge is 0.122 e. The standard InChI is InChI=1S/C13H17BrFNO/c1-17-13-5-4-10(14)7-9(13)8-11(15)12-3-2-6-16-12/h4-5,7,11-12,16H,2-3,6,8H2,1H3. The van der Waals surface area contributed by atoms with Crippen LogP contribution in [-0.2, 0) is 6.42 Å². The summed E-state index contributed by atoms with van der Waals surface area (Å²) < 4.78 is 20.3. The number of hydrogen-bond donors (Lipinski definition) is 1. The monoisotopic (exact) mass is 301 g/mol. The van der Waals surface area contributed by atoms with Crippen LogP contribution >= 0.6 is 15.9 Å². The first-order valence-corrected chi connectivity index (χ1v) is 6.70. The lowest BCUT2D eigenvalue weighted by molar-refractivity contribution is 0.261. The maximum Gasteiger partial charge on any atom is 0.122 e. The van der Waals surface area contributed by atoms with Gasteiger partial charge >= 0.3 is 0 Å². The lowest BCUT2D eigenvalue weighted by Gasteiger charge is -2.17. The van der Waals surface area contributed by atoms with E-state index < -0.39 is 6.17 Å². The molecule has 1 aliphatic heterocycles. The Hall–Kier alpha value is -0.610. The zero-order valence-corrected chi connectivity index (χ0v) is 11.5. The van der Waals surface area contributed by atoms with Crippen LogP contribution in [0, 0.1) is 0 Å². The molecule has 0 saturated carbocycles. The summed E-state index contributed by atoms with van der Waals surface area (Å²) in [6.45, 7) is 0.931. The van der Waals surface area contributed by atoms with Gasteiger partial charge in [0.2, 0.25) is 0 Å².